The van der Waals surface area contributed by atoms with Crippen LogP contribution in [0.25, 0.3) is 0 Å². The van der Waals surface area contributed by atoms with E-state index >= 15 is 0 Å². The Balaban J connectivity index is 2.08. The highest BCUT2D eigenvalue weighted by atomic mass is 15.3. The van der Waals surface area contributed by atoms with Crippen molar-refractivity contribution in [3.63, 3.8) is 0 Å². The van der Waals surface area contributed by atoms with E-state index in [-0.39, 0.29) is 6.04 Å². The number of rotatable bonds is 5. The van der Waals surface area contributed by atoms with Crippen LogP contribution >= 0.6 is 0 Å². The zero-order valence-electron chi connectivity index (χ0n) is 10.7. The molecule has 96 valence electrons. The van der Waals surface area contributed by atoms with E-state index in [1.807, 2.05) is 4.68 Å². The van der Waals surface area contributed by atoms with E-state index in [9.17, 15) is 0 Å². The van der Waals surface area contributed by atoms with Crippen molar-refractivity contribution in [1.82, 2.24) is 24.7 Å². The Morgan fingerprint density at radius 1 is 1.22 bits per heavy atom. The first kappa shape index (κ1) is 12.6. The average Bonchev–Trinajstić information content (AvgIpc) is 2.77. The second kappa shape index (κ2) is 5.68. The van der Waals surface area contributed by atoms with Gasteiger partial charge in [0.2, 0.25) is 0 Å². The maximum Gasteiger partial charge on any atom is 0.145 e. The Labute approximate surface area is 106 Å². The minimum Gasteiger partial charge on any atom is -0.321 e. The van der Waals surface area contributed by atoms with Crippen LogP contribution in [0.3, 0.4) is 0 Å². The van der Waals surface area contributed by atoms with E-state index in [0.29, 0.717) is 18.2 Å². The molecule has 6 nitrogen and oxygen atoms in total. The lowest BCUT2D eigenvalue weighted by Gasteiger charge is -2.12. The zero-order valence-corrected chi connectivity index (χ0v) is 10.7. The molecule has 1 atom stereocenters. The summed E-state index contributed by atoms with van der Waals surface area (Å²) < 4.78 is 1.90. The molecule has 0 aliphatic rings. The lowest BCUT2D eigenvalue weighted by molar-refractivity contribution is 0.457. The first-order valence-corrected chi connectivity index (χ1v) is 6.06. The van der Waals surface area contributed by atoms with Crippen LogP contribution in [-0.4, -0.2) is 24.7 Å². The summed E-state index contributed by atoms with van der Waals surface area (Å²) in [5.41, 5.74) is 6.08. The topological polar surface area (TPSA) is 82.5 Å². The standard InChI is InChI=1S/C12H18N6/c1-9(2)7-18-11(16-8-17-18)6-10(13)12-14-4-3-5-15-12/h3-5,8-10H,6-7,13H2,1-2H3. The molecule has 18 heavy (non-hydrogen) atoms. The van der Waals surface area contributed by atoms with Gasteiger partial charge in [0.25, 0.3) is 0 Å². The van der Waals surface area contributed by atoms with Gasteiger partial charge in [-0.1, -0.05) is 13.8 Å². The van der Waals surface area contributed by atoms with Crippen molar-refractivity contribution in [2.24, 2.45) is 11.7 Å². The van der Waals surface area contributed by atoms with Crippen molar-refractivity contribution in [1.29, 1.82) is 0 Å². The molecule has 0 radical (unpaired) electrons. The number of hydrogen-bond donors (Lipinski definition) is 1. The van der Waals surface area contributed by atoms with E-state index in [1.165, 1.54) is 0 Å². The first-order valence-electron chi connectivity index (χ1n) is 6.06. The Bertz CT molecular complexity index is 478. The Hall–Kier alpha value is -1.82. The first-order chi connectivity index (χ1) is 8.66. The summed E-state index contributed by atoms with van der Waals surface area (Å²) in [5.74, 6) is 2.04. The van der Waals surface area contributed by atoms with Gasteiger partial charge in [-0.3, -0.25) is 0 Å². The lowest BCUT2D eigenvalue weighted by Crippen LogP contribution is -2.20. The molecule has 0 spiro atoms. The van der Waals surface area contributed by atoms with Crippen LogP contribution in [0.15, 0.2) is 24.8 Å². The smallest absolute Gasteiger partial charge is 0.145 e. The summed E-state index contributed by atoms with van der Waals surface area (Å²) in [6, 6.07) is 1.53. The molecule has 0 aliphatic heterocycles. The van der Waals surface area contributed by atoms with E-state index in [1.54, 1.807) is 24.8 Å². The molecule has 6 heteroatoms. The van der Waals surface area contributed by atoms with Crippen molar-refractivity contribution in [2.45, 2.75) is 32.9 Å². The normalized spacial score (nSPS) is 12.9. The summed E-state index contributed by atoms with van der Waals surface area (Å²) in [6.07, 6.45) is 5.55. The van der Waals surface area contributed by atoms with Gasteiger partial charge in [-0.05, 0) is 12.0 Å². The second-order valence-electron chi connectivity index (χ2n) is 4.67. The fourth-order valence-corrected chi connectivity index (χ4v) is 1.73. The van der Waals surface area contributed by atoms with Gasteiger partial charge in [0.05, 0.1) is 6.04 Å². The van der Waals surface area contributed by atoms with Crippen LogP contribution < -0.4 is 5.73 Å². The van der Waals surface area contributed by atoms with Gasteiger partial charge in [0.1, 0.15) is 18.0 Å². The molecule has 2 aromatic rings. The Kier molecular flexibility index (Phi) is 3.99. The zero-order chi connectivity index (χ0) is 13.0. The summed E-state index contributed by atoms with van der Waals surface area (Å²) in [4.78, 5) is 12.6. The second-order valence-corrected chi connectivity index (χ2v) is 4.67. The van der Waals surface area contributed by atoms with Gasteiger partial charge >= 0.3 is 0 Å². The summed E-state index contributed by atoms with van der Waals surface area (Å²) >= 11 is 0. The quantitative estimate of drug-likeness (QED) is 0.849. The molecule has 2 N–H and O–H groups in total. The number of nitrogens with two attached hydrogens (primary N) is 1. The van der Waals surface area contributed by atoms with Crippen molar-refractivity contribution in [2.75, 3.05) is 0 Å². The fourth-order valence-electron chi connectivity index (χ4n) is 1.73. The molecule has 2 aromatic heterocycles. The number of nitrogens with zero attached hydrogens (tertiary/aromatic N) is 5. The van der Waals surface area contributed by atoms with Crippen LogP contribution in [0.5, 0.6) is 0 Å². The number of hydrogen-bond acceptors (Lipinski definition) is 5. The van der Waals surface area contributed by atoms with Gasteiger partial charge in [0, 0.05) is 25.4 Å². The molecule has 2 rings (SSSR count). The molecule has 0 saturated heterocycles. The summed E-state index contributed by atoms with van der Waals surface area (Å²) in [6.45, 7) is 5.13. The third-order valence-corrected chi connectivity index (χ3v) is 2.55. The monoisotopic (exact) mass is 246 g/mol. The highest BCUT2D eigenvalue weighted by Crippen LogP contribution is 2.10. The van der Waals surface area contributed by atoms with Crippen molar-refractivity contribution >= 4 is 0 Å². The molecule has 0 aromatic carbocycles. The third kappa shape index (κ3) is 3.10. The SMILES string of the molecule is CC(C)Cn1ncnc1CC(N)c1ncccn1. The van der Waals surface area contributed by atoms with E-state index in [2.05, 4.69) is 33.9 Å². The minimum atomic E-state index is -0.249. The van der Waals surface area contributed by atoms with Crippen LogP contribution in [0.1, 0.15) is 31.5 Å². The predicted molar refractivity (Wildman–Crippen MR) is 67.5 cm³/mol. The molecule has 1 unspecified atom stereocenters. The van der Waals surface area contributed by atoms with E-state index < -0.39 is 0 Å². The van der Waals surface area contributed by atoms with Crippen molar-refractivity contribution < 1.29 is 0 Å². The van der Waals surface area contributed by atoms with E-state index in [0.717, 1.165) is 12.4 Å². The largest absolute Gasteiger partial charge is 0.321 e. The van der Waals surface area contributed by atoms with Crippen LogP contribution in [0.4, 0.5) is 0 Å². The molecule has 2 heterocycles. The summed E-state index contributed by atoms with van der Waals surface area (Å²) in [5, 5.41) is 4.21. The fraction of sp³-hybridized carbons (Fsp3) is 0.500. The highest BCUT2D eigenvalue weighted by Gasteiger charge is 2.14. The van der Waals surface area contributed by atoms with E-state index in [4.69, 9.17) is 5.73 Å². The minimum absolute atomic E-state index is 0.249. The molecule has 0 saturated carbocycles. The van der Waals surface area contributed by atoms with Crippen LogP contribution in [0, 0.1) is 5.92 Å². The summed E-state index contributed by atoms with van der Waals surface area (Å²) in [7, 11) is 0. The predicted octanol–water partition coefficient (Wildman–Crippen LogP) is 0.967. The molecule has 0 bridgehead atoms. The van der Waals surface area contributed by atoms with Gasteiger partial charge in [-0.2, -0.15) is 5.10 Å². The molecule has 0 aliphatic carbocycles. The van der Waals surface area contributed by atoms with Gasteiger partial charge < -0.3 is 5.73 Å². The van der Waals surface area contributed by atoms with Crippen LogP contribution in [0.2, 0.25) is 0 Å². The van der Waals surface area contributed by atoms with Gasteiger partial charge in [-0.15, -0.1) is 0 Å². The van der Waals surface area contributed by atoms with Crippen molar-refractivity contribution in [3.05, 3.63) is 36.4 Å². The third-order valence-electron chi connectivity index (χ3n) is 2.55. The van der Waals surface area contributed by atoms with Gasteiger partial charge in [0.15, 0.2) is 0 Å². The maximum absolute atomic E-state index is 6.08. The Morgan fingerprint density at radius 2 is 1.94 bits per heavy atom. The maximum atomic E-state index is 6.08. The van der Waals surface area contributed by atoms with Gasteiger partial charge in [-0.25, -0.2) is 19.6 Å². The average molecular weight is 246 g/mol. The highest BCUT2D eigenvalue weighted by molar-refractivity contribution is 5.00. The molecule has 0 fully saturated rings. The van der Waals surface area contributed by atoms with Crippen LogP contribution in [-0.2, 0) is 13.0 Å². The van der Waals surface area contributed by atoms with Crippen molar-refractivity contribution in [3.8, 4) is 0 Å². The molecular weight excluding hydrogens is 228 g/mol. The molecule has 0 amide bonds. The lowest BCUT2D eigenvalue weighted by atomic mass is 10.2. The number of aromatic nitrogens is 5. The molecular formula is C12H18N6. The Morgan fingerprint density at radius 3 is 2.61 bits per heavy atom.